The van der Waals surface area contributed by atoms with E-state index in [1.165, 1.54) is 11.5 Å². The van der Waals surface area contributed by atoms with Gasteiger partial charge in [-0.25, -0.2) is 0 Å². The first-order valence-corrected chi connectivity index (χ1v) is 7.44. The van der Waals surface area contributed by atoms with Gasteiger partial charge < -0.3 is 10.6 Å². The summed E-state index contributed by atoms with van der Waals surface area (Å²) in [7, 11) is 0. The quantitative estimate of drug-likeness (QED) is 0.860. The molecule has 106 valence electrons. The first kappa shape index (κ1) is 14.5. The number of piperidine rings is 1. The average molecular weight is 281 g/mol. The van der Waals surface area contributed by atoms with Crippen molar-refractivity contribution in [2.75, 3.05) is 0 Å². The van der Waals surface area contributed by atoms with Gasteiger partial charge in [0.1, 0.15) is 5.69 Å². The van der Waals surface area contributed by atoms with Gasteiger partial charge in [0.25, 0.3) is 5.91 Å². The zero-order chi connectivity index (χ0) is 14.4. The molecule has 2 rings (SSSR count). The lowest BCUT2D eigenvalue weighted by molar-refractivity contribution is -0.0175. The van der Waals surface area contributed by atoms with Gasteiger partial charge in [0, 0.05) is 22.0 Å². The van der Waals surface area contributed by atoms with Crippen molar-refractivity contribution >= 4 is 17.4 Å². The Labute approximate surface area is 119 Å². The van der Waals surface area contributed by atoms with Gasteiger partial charge in [-0.3, -0.25) is 4.79 Å². The Kier molecular flexibility index (Phi) is 3.47. The topological polar surface area (TPSA) is 59.2 Å². The van der Waals surface area contributed by atoms with Crippen LogP contribution in [-0.4, -0.2) is 32.3 Å². The molecule has 0 bridgehead atoms. The number of aromatic nitrogens is 1. The van der Waals surface area contributed by atoms with Crippen molar-refractivity contribution in [2.24, 2.45) is 5.73 Å². The second kappa shape index (κ2) is 4.56. The second-order valence-electron chi connectivity index (χ2n) is 6.76. The Hall–Kier alpha value is -0.940. The van der Waals surface area contributed by atoms with Gasteiger partial charge in [-0.1, -0.05) is 0 Å². The highest BCUT2D eigenvalue weighted by Gasteiger charge is 2.47. The van der Waals surface area contributed by atoms with Gasteiger partial charge in [-0.2, -0.15) is 4.37 Å². The minimum atomic E-state index is -0.240. The van der Waals surface area contributed by atoms with Crippen LogP contribution in [0.5, 0.6) is 0 Å². The van der Waals surface area contributed by atoms with Crippen molar-refractivity contribution in [1.82, 2.24) is 9.27 Å². The number of carbonyl (C=O) groups is 1. The van der Waals surface area contributed by atoms with E-state index in [0.717, 1.165) is 17.7 Å². The maximum absolute atomic E-state index is 12.8. The van der Waals surface area contributed by atoms with Crippen LogP contribution in [0.2, 0.25) is 0 Å². The van der Waals surface area contributed by atoms with E-state index in [4.69, 9.17) is 5.73 Å². The Morgan fingerprint density at radius 1 is 1.37 bits per heavy atom. The Morgan fingerprint density at radius 2 is 1.89 bits per heavy atom. The standard InChI is InChI=1S/C14H23N3OS/c1-9-6-11(16-19-9)12(18)17-13(2,3)7-10(15)8-14(17,4)5/h6,10H,7-8,15H2,1-5H3. The molecule has 1 amide bonds. The van der Waals surface area contributed by atoms with E-state index in [1.807, 2.05) is 17.9 Å². The molecule has 1 aromatic heterocycles. The third kappa shape index (κ3) is 2.67. The monoisotopic (exact) mass is 281 g/mol. The van der Waals surface area contributed by atoms with Crippen molar-refractivity contribution in [2.45, 2.75) is 64.6 Å². The van der Waals surface area contributed by atoms with E-state index < -0.39 is 0 Å². The largest absolute Gasteiger partial charge is 0.328 e. The maximum Gasteiger partial charge on any atom is 0.274 e. The fourth-order valence-electron chi connectivity index (χ4n) is 3.49. The summed E-state index contributed by atoms with van der Waals surface area (Å²) in [6, 6.07) is 2.01. The van der Waals surface area contributed by atoms with Crippen LogP contribution >= 0.6 is 11.5 Å². The van der Waals surface area contributed by atoms with Crippen molar-refractivity contribution < 1.29 is 4.79 Å². The molecule has 0 radical (unpaired) electrons. The van der Waals surface area contributed by atoms with E-state index in [-0.39, 0.29) is 23.0 Å². The van der Waals surface area contributed by atoms with Crippen LogP contribution in [0.3, 0.4) is 0 Å². The van der Waals surface area contributed by atoms with Crippen LogP contribution in [0.15, 0.2) is 6.07 Å². The number of hydrogen-bond acceptors (Lipinski definition) is 4. The minimum Gasteiger partial charge on any atom is -0.328 e. The zero-order valence-corrected chi connectivity index (χ0v) is 13.2. The molecule has 0 unspecified atom stereocenters. The molecule has 4 nitrogen and oxygen atoms in total. The van der Waals surface area contributed by atoms with Crippen molar-refractivity contribution in [3.8, 4) is 0 Å². The first-order valence-electron chi connectivity index (χ1n) is 6.67. The SMILES string of the molecule is Cc1cc(C(=O)N2C(C)(C)CC(N)CC2(C)C)ns1. The number of rotatable bonds is 1. The lowest BCUT2D eigenvalue weighted by Crippen LogP contribution is -2.65. The van der Waals surface area contributed by atoms with Gasteiger partial charge in [-0.05, 0) is 65.1 Å². The van der Waals surface area contributed by atoms with E-state index in [2.05, 4.69) is 32.1 Å². The van der Waals surface area contributed by atoms with Gasteiger partial charge in [-0.15, -0.1) is 0 Å². The number of nitrogens with zero attached hydrogens (tertiary/aromatic N) is 2. The summed E-state index contributed by atoms with van der Waals surface area (Å²) < 4.78 is 4.26. The molecule has 0 aromatic carbocycles. The third-order valence-electron chi connectivity index (χ3n) is 3.78. The molecular weight excluding hydrogens is 258 g/mol. The smallest absolute Gasteiger partial charge is 0.274 e. The fraction of sp³-hybridized carbons (Fsp3) is 0.714. The average Bonchev–Trinajstić information content (AvgIpc) is 2.59. The molecule has 5 heteroatoms. The molecular formula is C14H23N3OS. The molecule has 1 fully saturated rings. The number of hydrogen-bond donors (Lipinski definition) is 1. The predicted octanol–water partition coefficient (Wildman–Crippen LogP) is 2.57. The van der Waals surface area contributed by atoms with Gasteiger partial charge in [0.15, 0.2) is 0 Å². The molecule has 19 heavy (non-hydrogen) atoms. The third-order valence-corrected chi connectivity index (χ3v) is 4.48. The predicted molar refractivity (Wildman–Crippen MR) is 78.4 cm³/mol. The molecule has 1 aromatic rings. The molecule has 1 aliphatic rings. The lowest BCUT2D eigenvalue weighted by atomic mass is 9.77. The second-order valence-corrected chi connectivity index (χ2v) is 7.77. The van der Waals surface area contributed by atoms with Crippen molar-refractivity contribution in [1.29, 1.82) is 0 Å². The van der Waals surface area contributed by atoms with Crippen molar-refractivity contribution in [3.05, 3.63) is 16.6 Å². The number of likely N-dealkylation sites (tertiary alicyclic amines) is 1. The Morgan fingerprint density at radius 3 is 2.32 bits per heavy atom. The van der Waals surface area contributed by atoms with Crippen LogP contribution < -0.4 is 5.73 Å². The highest BCUT2D eigenvalue weighted by molar-refractivity contribution is 7.05. The molecule has 2 N–H and O–H groups in total. The van der Waals surface area contributed by atoms with Crippen LogP contribution in [0.25, 0.3) is 0 Å². The van der Waals surface area contributed by atoms with Gasteiger partial charge in [0.2, 0.25) is 0 Å². The maximum atomic E-state index is 12.8. The molecule has 0 atom stereocenters. The van der Waals surface area contributed by atoms with Gasteiger partial charge in [0.05, 0.1) is 0 Å². The zero-order valence-electron chi connectivity index (χ0n) is 12.4. The number of aryl methyl sites for hydroxylation is 1. The van der Waals surface area contributed by atoms with Crippen molar-refractivity contribution in [3.63, 3.8) is 0 Å². The summed E-state index contributed by atoms with van der Waals surface area (Å²) in [5.74, 6) is 0.0197. The molecule has 1 saturated heterocycles. The summed E-state index contributed by atoms with van der Waals surface area (Å²) in [6.45, 7) is 10.3. The van der Waals surface area contributed by atoms with Crippen LogP contribution in [0.1, 0.15) is 55.9 Å². The fourth-order valence-corrected chi connectivity index (χ4v) is 4.03. The molecule has 2 heterocycles. The Balaban J connectivity index is 2.37. The Bertz CT molecular complexity index is 475. The van der Waals surface area contributed by atoms with Crippen LogP contribution in [0.4, 0.5) is 0 Å². The lowest BCUT2D eigenvalue weighted by Gasteiger charge is -2.54. The summed E-state index contributed by atoms with van der Waals surface area (Å²) in [5, 5.41) is 0. The molecule has 0 spiro atoms. The van der Waals surface area contributed by atoms with Crippen LogP contribution in [0, 0.1) is 6.92 Å². The van der Waals surface area contributed by atoms with E-state index >= 15 is 0 Å². The van der Waals surface area contributed by atoms with Crippen LogP contribution in [-0.2, 0) is 0 Å². The summed E-state index contributed by atoms with van der Waals surface area (Å²) in [4.78, 5) is 15.8. The number of carbonyl (C=O) groups excluding carboxylic acids is 1. The van der Waals surface area contributed by atoms with E-state index in [0.29, 0.717) is 5.69 Å². The highest BCUT2D eigenvalue weighted by Crippen LogP contribution is 2.38. The number of amides is 1. The molecule has 1 aliphatic heterocycles. The normalized spacial score (nSPS) is 22.5. The highest BCUT2D eigenvalue weighted by atomic mass is 32.1. The summed E-state index contributed by atoms with van der Waals surface area (Å²) in [6.07, 6.45) is 1.65. The van der Waals surface area contributed by atoms with E-state index in [9.17, 15) is 4.79 Å². The number of nitrogens with two attached hydrogens (primary N) is 1. The summed E-state index contributed by atoms with van der Waals surface area (Å²) in [5.41, 5.74) is 6.21. The first-order chi connectivity index (χ1) is 8.63. The molecule has 0 aliphatic carbocycles. The minimum absolute atomic E-state index is 0.0197. The summed E-state index contributed by atoms with van der Waals surface area (Å²) >= 11 is 1.38. The molecule has 0 saturated carbocycles. The van der Waals surface area contributed by atoms with Gasteiger partial charge >= 0.3 is 0 Å². The van der Waals surface area contributed by atoms with E-state index in [1.54, 1.807) is 0 Å².